The first-order valence-electron chi connectivity index (χ1n) is 6.66. The van der Waals surface area contributed by atoms with Gasteiger partial charge in [-0.3, -0.25) is 0 Å². The van der Waals surface area contributed by atoms with Crippen LogP contribution >= 0.6 is 0 Å². The summed E-state index contributed by atoms with van der Waals surface area (Å²) in [5.74, 6) is 5.33. The van der Waals surface area contributed by atoms with Gasteiger partial charge in [0, 0.05) is 5.92 Å². The summed E-state index contributed by atoms with van der Waals surface area (Å²) in [5, 5.41) is 8.94. The van der Waals surface area contributed by atoms with Gasteiger partial charge in [-0.15, -0.1) is 0 Å². The summed E-state index contributed by atoms with van der Waals surface area (Å²) in [5.41, 5.74) is 0. The molecule has 1 nitrogen and oxygen atoms in total. The molecule has 0 aromatic rings. The lowest BCUT2D eigenvalue weighted by molar-refractivity contribution is -0.0426. The molecule has 0 N–H and O–H groups in total. The van der Waals surface area contributed by atoms with Gasteiger partial charge in [-0.25, -0.2) is 0 Å². The van der Waals surface area contributed by atoms with Crippen molar-refractivity contribution < 1.29 is 0 Å². The summed E-state index contributed by atoms with van der Waals surface area (Å²) in [6, 6.07) is 2.42. The van der Waals surface area contributed by atoms with Gasteiger partial charge in [-0.05, 0) is 75.0 Å². The van der Waals surface area contributed by atoms with Crippen molar-refractivity contribution in [1.29, 1.82) is 5.26 Å². The molecule has 0 aliphatic heterocycles. The zero-order valence-electron chi connectivity index (χ0n) is 9.65. The van der Waals surface area contributed by atoms with Crippen LogP contribution in [-0.2, 0) is 0 Å². The van der Waals surface area contributed by atoms with Crippen LogP contribution in [0.1, 0.15) is 45.4 Å². The molecule has 0 heterocycles. The van der Waals surface area contributed by atoms with Crippen LogP contribution in [0.5, 0.6) is 0 Å². The van der Waals surface area contributed by atoms with Crippen LogP contribution in [0.3, 0.4) is 0 Å². The Bertz CT molecular complexity index is 260. The first-order chi connectivity index (χ1) is 7.26. The van der Waals surface area contributed by atoms with Crippen LogP contribution in [0.2, 0.25) is 0 Å². The third-order valence-corrected chi connectivity index (χ3v) is 5.27. The SMILES string of the molecule is CC(C#N)CC1C2CC3CC(C2)CC1C3. The van der Waals surface area contributed by atoms with Gasteiger partial charge in [-0.2, -0.15) is 5.26 Å². The topological polar surface area (TPSA) is 23.8 Å². The molecule has 82 valence electrons. The molecule has 0 amide bonds. The van der Waals surface area contributed by atoms with Gasteiger partial charge in [0.15, 0.2) is 0 Å². The first kappa shape index (κ1) is 9.70. The fourth-order valence-electron chi connectivity index (χ4n) is 4.88. The smallest absolute Gasteiger partial charge is 0.0652 e. The van der Waals surface area contributed by atoms with Crippen LogP contribution in [0, 0.1) is 46.8 Å². The Morgan fingerprint density at radius 2 is 1.60 bits per heavy atom. The molecule has 4 aliphatic carbocycles. The predicted octanol–water partition coefficient (Wildman–Crippen LogP) is 3.61. The molecule has 15 heavy (non-hydrogen) atoms. The van der Waals surface area contributed by atoms with E-state index in [1.54, 1.807) is 0 Å². The highest BCUT2D eigenvalue weighted by molar-refractivity contribution is 4.99. The van der Waals surface area contributed by atoms with Crippen LogP contribution < -0.4 is 0 Å². The second-order valence-electron chi connectivity index (χ2n) is 6.36. The van der Waals surface area contributed by atoms with E-state index in [0.717, 1.165) is 29.6 Å². The molecule has 1 atom stereocenters. The van der Waals surface area contributed by atoms with E-state index in [9.17, 15) is 0 Å². The molecule has 0 saturated heterocycles. The van der Waals surface area contributed by atoms with E-state index in [-0.39, 0.29) is 5.92 Å². The number of hydrogen-bond donors (Lipinski definition) is 0. The van der Waals surface area contributed by atoms with Crippen LogP contribution in [0.25, 0.3) is 0 Å². The molecule has 0 spiro atoms. The average Bonchev–Trinajstić information content (AvgIpc) is 2.22. The Hall–Kier alpha value is -0.510. The Kier molecular flexibility index (Phi) is 2.27. The molecule has 4 rings (SSSR count). The molecular formula is C14H21N. The molecule has 0 radical (unpaired) electrons. The summed E-state index contributed by atoms with van der Waals surface area (Å²) >= 11 is 0. The van der Waals surface area contributed by atoms with Gasteiger partial charge in [0.2, 0.25) is 0 Å². The molecule has 1 unspecified atom stereocenters. The minimum atomic E-state index is 0.285. The molecule has 4 aliphatic rings. The lowest BCUT2D eigenvalue weighted by Crippen LogP contribution is -2.45. The standard InChI is InChI=1S/C14H21N/c1-9(8-15)2-14-12-4-10-3-11(6-12)7-13(14)5-10/h9-14H,2-7H2,1H3. The third kappa shape index (κ3) is 1.59. The van der Waals surface area contributed by atoms with E-state index < -0.39 is 0 Å². The summed E-state index contributed by atoms with van der Waals surface area (Å²) < 4.78 is 0. The van der Waals surface area contributed by atoms with E-state index in [2.05, 4.69) is 13.0 Å². The van der Waals surface area contributed by atoms with Crippen molar-refractivity contribution in [3.05, 3.63) is 0 Å². The number of nitrogens with zero attached hydrogens (tertiary/aromatic N) is 1. The maximum absolute atomic E-state index is 8.94. The van der Waals surface area contributed by atoms with E-state index in [0.29, 0.717) is 0 Å². The lowest BCUT2D eigenvalue weighted by atomic mass is 9.51. The van der Waals surface area contributed by atoms with Gasteiger partial charge >= 0.3 is 0 Å². The summed E-state index contributed by atoms with van der Waals surface area (Å²) in [6.07, 6.45) is 8.70. The maximum atomic E-state index is 8.94. The van der Waals surface area contributed by atoms with Crippen LogP contribution in [0.15, 0.2) is 0 Å². The van der Waals surface area contributed by atoms with Crippen molar-refractivity contribution in [1.82, 2.24) is 0 Å². The molecule has 0 aromatic carbocycles. The first-order valence-corrected chi connectivity index (χ1v) is 6.66. The molecule has 0 aromatic heterocycles. The minimum Gasteiger partial charge on any atom is -0.198 e. The third-order valence-electron chi connectivity index (χ3n) is 5.27. The van der Waals surface area contributed by atoms with Crippen LogP contribution in [-0.4, -0.2) is 0 Å². The van der Waals surface area contributed by atoms with Gasteiger partial charge in [0.1, 0.15) is 0 Å². The van der Waals surface area contributed by atoms with Crippen LogP contribution in [0.4, 0.5) is 0 Å². The molecule has 4 saturated carbocycles. The quantitative estimate of drug-likeness (QED) is 0.672. The Balaban J connectivity index is 1.72. The van der Waals surface area contributed by atoms with E-state index in [1.807, 2.05) is 0 Å². The van der Waals surface area contributed by atoms with Gasteiger partial charge in [0.25, 0.3) is 0 Å². The summed E-state index contributed by atoms with van der Waals surface area (Å²) in [4.78, 5) is 0. The lowest BCUT2D eigenvalue weighted by Gasteiger charge is -2.54. The van der Waals surface area contributed by atoms with Gasteiger partial charge < -0.3 is 0 Å². The summed E-state index contributed by atoms with van der Waals surface area (Å²) in [7, 11) is 0. The zero-order valence-corrected chi connectivity index (χ0v) is 9.65. The number of rotatable bonds is 2. The predicted molar refractivity (Wildman–Crippen MR) is 59.9 cm³/mol. The number of hydrogen-bond acceptors (Lipinski definition) is 1. The zero-order chi connectivity index (χ0) is 10.4. The van der Waals surface area contributed by atoms with Crippen molar-refractivity contribution in [2.45, 2.75) is 45.4 Å². The second-order valence-corrected chi connectivity index (χ2v) is 6.36. The van der Waals surface area contributed by atoms with Crippen molar-refractivity contribution in [2.75, 3.05) is 0 Å². The normalized spacial score (nSPS) is 48.9. The molecule has 4 fully saturated rings. The van der Waals surface area contributed by atoms with E-state index in [4.69, 9.17) is 5.26 Å². The largest absolute Gasteiger partial charge is 0.198 e. The van der Waals surface area contributed by atoms with Gasteiger partial charge in [0.05, 0.1) is 6.07 Å². The highest BCUT2D eigenvalue weighted by Crippen LogP contribution is 2.57. The fourth-order valence-corrected chi connectivity index (χ4v) is 4.88. The highest BCUT2D eigenvalue weighted by atomic mass is 14.5. The van der Waals surface area contributed by atoms with E-state index in [1.165, 1.54) is 38.5 Å². The van der Waals surface area contributed by atoms with Crippen molar-refractivity contribution >= 4 is 0 Å². The number of nitriles is 1. The molecule has 1 heteroatoms. The second kappa shape index (κ2) is 3.51. The Morgan fingerprint density at radius 1 is 1.07 bits per heavy atom. The monoisotopic (exact) mass is 203 g/mol. The van der Waals surface area contributed by atoms with Crippen molar-refractivity contribution in [3.63, 3.8) is 0 Å². The van der Waals surface area contributed by atoms with E-state index >= 15 is 0 Å². The average molecular weight is 203 g/mol. The molecule has 4 bridgehead atoms. The van der Waals surface area contributed by atoms with Crippen molar-refractivity contribution in [2.24, 2.45) is 35.5 Å². The highest BCUT2D eigenvalue weighted by Gasteiger charge is 2.47. The van der Waals surface area contributed by atoms with Gasteiger partial charge in [-0.1, -0.05) is 0 Å². The Labute approximate surface area is 92.9 Å². The summed E-state index contributed by atoms with van der Waals surface area (Å²) in [6.45, 7) is 2.10. The maximum Gasteiger partial charge on any atom is 0.0652 e. The molecular weight excluding hydrogens is 182 g/mol. The van der Waals surface area contributed by atoms with Crippen molar-refractivity contribution in [3.8, 4) is 6.07 Å². The fraction of sp³-hybridized carbons (Fsp3) is 0.929. The Morgan fingerprint density at radius 3 is 2.07 bits per heavy atom. The minimum absolute atomic E-state index is 0.285.